The van der Waals surface area contributed by atoms with Gasteiger partial charge in [0.15, 0.2) is 0 Å². The molecule has 0 aliphatic heterocycles. The largest absolute Gasteiger partial charge is 0.474 e. The van der Waals surface area contributed by atoms with Crippen LogP contribution in [0.3, 0.4) is 0 Å². The van der Waals surface area contributed by atoms with Gasteiger partial charge in [0, 0.05) is 18.3 Å². The first-order valence-corrected chi connectivity index (χ1v) is 6.15. The molecule has 0 unspecified atom stereocenters. The van der Waals surface area contributed by atoms with Crippen LogP contribution in [0.1, 0.15) is 37.7 Å². The Labute approximate surface area is 97.2 Å². The summed E-state index contributed by atoms with van der Waals surface area (Å²) in [6, 6.07) is 4.03. The molecule has 1 aromatic heterocycles. The van der Waals surface area contributed by atoms with E-state index < -0.39 is 0 Å². The highest BCUT2D eigenvalue weighted by molar-refractivity contribution is 5.25. The number of hydrogen-bond donors (Lipinski definition) is 1. The molecule has 0 atom stereocenters. The van der Waals surface area contributed by atoms with Crippen molar-refractivity contribution in [3.05, 3.63) is 23.9 Å². The van der Waals surface area contributed by atoms with Crippen LogP contribution in [0.15, 0.2) is 18.3 Å². The molecule has 1 aliphatic carbocycles. The normalized spacial score (nSPS) is 17.3. The van der Waals surface area contributed by atoms with E-state index in [0.717, 1.165) is 18.0 Å². The molecule has 3 heteroatoms. The number of pyridine rings is 1. The summed E-state index contributed by atoms with van der Waals surface area (Å²) in [5.74, 6) is 0.809. The fraction of sp³-hybridized carbons (Fsp3) is 0.615. The lowest BCUT2D eigenvalue weighted by molar-refractivity contribution is 0.147. The van der Waals surface area contributed by atoms with E-state index in [1.54, 1.807) is 6.20 Å². The van der Waals surface area contributed by atoms with Gasteiger partial charge >= 0.3 is 0 Å². The quantitative estimate of drug-likeness (QED) is 0.846. The molecule has 0 aromatic carbocycles. The van der Waals surface area contributed by atoms with Gasteiger partial charge in [-0.15, -0.1) is 0 Å². The molecule has 0 amide bonds. The van der Waals surface area contributed by atoms with Gasteiger partial charge in [-0.3, -0.25) is 0 Å². The molecule has 0 radical (unpaired) electrons. The Morgan fingerprint density at radius 3 is 2.94 bits per heavy atom. The molecule has 0 saturated heterocycles. The SMILES string of the molecule is CNCc1cccnc1OC1CCCCC1. The molecule has 88 valence electrons. The molecular weight excluding hydrogens is 200 g/mol. The van der Waals surface area contributed by atoms with Gasteiger partial charge < -0.3 is 10.1 Å². The summed E-state index contributed by atoms with van der Waals surface area (Å²) < 4.78 is 5.99. The molecule has 1 aromatic rings. The minimum absolute atomic E-state index is 0.374. The molecule has 1 N–H and O–H groups in total. The minimum atomic E-state index is 0.374. The highest BCUT2D eigenvalue weighted by Gasteiger charge is 2.16. The molecule has 1 saturated carbocycles. The predicted octanol–water partition coefficient (Wildman–Crippen LogP) is 2.51. The Bertz CT molecular complexity index is 321. The third kappa shape index (κ3) is 2.95. The van der Waals surface area contributed by atoms with Crippen molar-refractivity contribution in [2.75, 3.05) is 7.05 Å². The van der Waals surface area contributed by atoms with Gasteiger partial charge in [0.05, 0.1) is 0 Å². The van der Waals surface area contributed by atoms with Crippen molar-refractivity contribution in [3.63, 3.8) is 0 Å². The first-order valence-electron chi connectivity index (χ1n) is 6.15. The molecule has 1 heterocycles. The molecule has 3 nitrogen and oxygen atoms in total. The maximum absolute atomic E-state index is 5.99. The summed E-state index contributed by atoms with van der Waals surface area (Å²) in [7, 11) is 1.94. The van der Waals surface area contributed by atoms with E-state index in [1.807, 2.05) is 13.1 Å². The molecular formula is C13H20N2O. The zero-order valence-electron chi connectivity index (χ0n) is 9.91. The summed E-state index contributed by atoms with van der Waals surface area (Å²) in [6.07, 6.45) is 8.46. The van der Waals surface area contributed by atoms with Crippen molar-refractivity contribution >= 4 is 0 Å². The minimum Gasteiger partial charge on any atom is -0.474 e. The Morgan fingerprint density at radius 2 is 2.19 bits per heavy atom. The average Bonchev–Trinajstić information content (AvgIpc) is 2.33. The second kappa shape index (κ2) is 5.85. The van der Waals surface area contributed by atoms with E-state index >= 15 is 0 Å². The van der Waals surface area contributed by atoms with Crippen LogP contribution in [-0.4, -0.2) is 18.1 Å². The van der Waals surface area contributed by atoms with Crippen molar-refractivity contribution in [1.82, 2.24) is 10.3 Å². The lowest BCUT2D eigenvalue weighted by Gasteiger charge is -2.23. The highest BCUT2D eigenvalue weighted by Crippen LogP contribution is 2.24. The Hall–Kier alpha value is -1.09. The van der Waals surface area contributed by atoms with Crippen LogP contribution >= 0.6 is 0 Å². The second-order valence-corrected chi connectivity index (χ2v) is 4.38. The average molecular weight is 220 g/mol. The van der Waals surface area contributed by atoms with Crippen LogP contribution in [0, 0.1) is 0 Å². The number of ether oxygens (including phenoxy) is 1. The Morgan fingerprint density at radius 1 is 1.38 bits per heavy atom. The monoisotopic (exact) mass is 220 g/mol. The first-order chi connectivity index (χ1) is 7.90. The predicted molar refractivity (Wildman–Crippen MR) is 64.5 cm³/mol. The van der Waals surface area contributed by atoms with E-state index in [0.29, 0.717) is 6.10 Å². The van der Waals surface area contributed by atoms with Gasteiger partial charge in [-0.05, 0) is 38.8 Å². The molecule has 0 bridgehead atoms. The van der Waals surface area contributed by atoms with Crippen molar-refractivity contribution in [2.24, 2.45) is 0 Å². The van der Waals surface area contributed by atoms with Crippen LogP contribution in [0.25, 0.3) is 0 Å². The summed E-state index contributed by atoms with van der Waals surface area (Å²) >= 11 is 0. The Balaban J connectivity index is 2.01. The van der Waals surface area contributed by atoms with Crippen molar-refractivity contribution in [1.29, 1.82) is 0 Å². The third-order valence-corrected chi connectivity index (χ3v) is 3.05. The van der Waals surface area contributed by atoms with Gasteiger partial charge in [0.25, 0.3) is 0 Å². The summed E-state index contributed by atoms with van der Waals surface area (Å²) in [4.78, 5) is 4.33. The van der Waals surface area contributed by atoms with Gasteiger partial charge in [0.1, 0.15) is 6.10 Å². The first kappa shape index (κ1) is 11.4. The van der Waals surface area contributed by atoms with E-state index in [9.17, 15) is 0 Å². The van der Waals surface area contributed by atoms with Crippen LogP contribution in [0.5, 0.6) is 5.88 Å². The summed E-state index contributed by atoms with van der Waals surface area (Å²) in [5.41, 5.74) is 1.15. The number of rotatable bonds is 4. The van der Waals surface area contributed by atoms with Crippen molar-refractivity contribution in [3.8, 4) is 5.88 Å². The lowest BCUT2D eigenvalue weighted by atomic mass is 9.98. The highest BCUT2D eigenvalue weighted by atomic mass is 16.5. The number of hydrogen-bond acceptors (Lipinski definition) is 3. The topological polar surface area (TPSA) is 34.2 Å². The number of nitrogens with zero attached hydrogens (tertiary/aromatic N) is 1. The standard InChI is InChI=1S/C13H20N2O/c1-14-10-11-6-5-9-15-13(11)16-12-7-3-2-4-8-12/h5-6,9,12,14H,2-4,7-8,10H2,1H3. The van der Waals surface area contributed by atoms with Crippen LogP contribution < -0.4 is 10.1 Å². The van der Waals surface area contributed by atoms with Crippen LogP contribution in [0.2, 0.25) is 0 Å². The maximum Gasteiger partial charge on any atom is 0.218 e. The fourth-order valence-electron chi connectivity index (χ4n) is 2.20. The Kier molecular flexibility index (Phi) is 4.17. The molecule has 1 aliphatic rings. The van der Waals surface area contributed by atoms with Gasteiger partial charge in [-0.25, -0.2) is 4.98 Å². The smallest absolute Gasteiger partial charge is 0.218 e. The fourth-order valence-corrected chi connectivity index (χ4v) is 2.20. The van der Waals surface area contributed by atoms with Gasteiger partial charge in [-0.1, -0.05) is 12.5 Å². The van der Waals surface area contributed by atoms with E-state index in [4.69, 9.17) is 4.74 Å². The zero-order chi connectivity index (χ0) is 11.2. The summed E-state index contributed by atoms with van der Waals surface area (Å²) in [6.45, 7) is 0.815. The second-order valence-electron chi connectivity index (χ2n) is 4.38. The van der Waals surface area contributed by atoms with Crippen LogP contribution in [0.4, 0.5) is 0 Å². The maximum atomic E-state index is 5.99. The number of aromatic nitrogens is 1. The lowest BCUT2D eigenvalue weighted by Crippen LogP contribution is -2.21. The van der Waals surface area contributed by atoms with E-state index in [-0.39, 0.29) is 0 Å². The van der Waals surface area contributed by atoms with Crippen LogP contribution in [-0.2, 0) is 6.54 Å². The molecule has 1 fully saturated rings. The van der Waals surface area contributed by atoms with E-state index in [2.05, 4.69) is 16.4 Å². The zero-order valence-corrected chi connectivity index (χ0v) is 9.91. The molecule has 0 spiro atoms. The van der Waals surface area contributed by atoms with Crippen molar-refractivity contribution in [2.45, 2.75) is 44.8 Å². The number of nitrogens with one attached hydrogen (secondary N) is 1. The summed E-state index contributed by atoms with van der Waals surface area (Å²) in [5, 5.41) is 3.14. The third-order valence-electron chi connectivity index (χ3n) is 3.05. The molecule has 16 heavy (non-hydrogen) atoms. The van der Waals surface area contributed by atoms with Crippen molar-refractivity contribution < 1.29 is 4.74 Å². The molecule has 2 rings (SSSR count). The van der Waals surface area contributed by atoms with Gasteiger partial charge in [0.2, 0.25) is 5.88 Å². The van der Waals surface area contributed by atoms with Gasteiger partial charge in [-0.2, -0.15) is 0 Å². The van der Waals surface area contributed by atoms with E-state index in [1.165, 1.54) is 32.1 Å².